The lowest BCUT2D eigenvalue weighted by atomic mass is 9.77. The molecule has 0 unspecified atom stereocenters. The van der Waals surface area contributed by atoms with Crippen LogP contribution in [0.4, 0.5) is 5.69 Å². The number of hydrazine groups is 1. The fourth-order valence-electron chi connectivity index (χ4n) is 4.23. The second kappa shape index (κ2) is 7.35. The molecule has 3 aromatic carbocycles. The quantitative estimate of drug-likeness (QED) is 0.269. The van der Waals surface area contributed by atoms with Gasteiger partial charge in [0, 0.05) is 48.4 Å². The first-order valence-corrected chi connectivity index (χ1v) is 10.00. The minimum absolute atomic E-state index is 0.262. The van der Waals surface area contributed by atoms with E-state index in [-0.39, 0.29) is 11.5 Å². The summed E-state index contributed by atoms with van der Waals surface area (Å²) in [5.74, 6) is 5.27. The Morgan fingerprint density at radius 3 is 1.94 bits per heavy atom. The van der Waals surface area contributed by atoms with Crippen molar-refractivity contribution in [3.63, 3.8) is 0 Å². The number of hydrogen-bond acceptors (Lipinski definition) is 9. The monoisotopic (exact) mass is 446 g/mol. The highest BCUT2D eigenvalue weighted by molar-refractivity contribution is 5.97. The van der Waals surface area contributed by atoms with Gasteiger partial charge in [0.2, 0.25) is 0 Å². The maximum atomic E-state index is 12.9. The van der Waals surface area contributed by atoms with Gasteiger partial charge in [0.05, 0.1) is 5.56 Å². The zero-order chi connectivity index (χ0) is 23.3. The highest BCUT2D eigenvalue weighted by Crippen LogP contribution is 2.57. The average molecular weight is 446 g/mol. The lowest BCUT2D eigenvalue weighted by molar-refractivity contribution is -0.132. The van der Waals surface area contributed by atoms with Crippen molar-refractivity contribution < 1.29 is 33.3 Å². The number of nitrogen functional groups attached to an aromatic ring is 1. The van der Waals surface area contributed by atoms with E-state index >= 15 is 0 Å². The van der Waals surface area contributed by atoms with Crippen LogP contribution in [0.3, 0.4) is 0 Å². The van der Waals surface area contributed by atoms with E-state index in [0.29, 0.717) is 39.4 Å². The van der Waals surface area contributed by atoms with Crippen molar-refractivity contribution in [1.29, 1.82) is 0 Å². The Hall–Kier alpha value is -4.37. The normalized spacial score (nSPS) is 14.3. The number of nitrogens with two attached hydrogens (primary N) is 1. The SMILES string of the molecule is CC(=O)Oc1ccc2c(c1)Oc1cc(OC(C)=O)ccc1C21OC(=O)c2ccc(NN)cc21. The van der Waals surface area contributed by atoms with E-state index in [9.17, 15) is 14.4 Å². The van der Waals surface area contributed by atoms with Gasteiger partial charge in [-0.05, 0) is 42.5 Å². The number of anilines is 1. The van der Waals surface area contributed by atoms with Crippen molar-refractivity contribution in [2.75, 3.05) is 5.43 Å². The highest BCUT2D eigenvalue weighted by Gasteiger charge is 2.53. The average Bonchev–Trinajstić information content (AvgIpc) is 3.05. The molecule has 2 aliphatic heterocycles. The lowest BCUT2D eigenvalue weighted by Crippen LogP contribution is -2.33. The first-order valence-electron chi connectivity index (χ1n) is 10.00. The number of ether oxygens (including phenoxy) is 4. The molecule has 3 N–H and O–H groups in total. The van der Waals surface area contributed by atoms with Crippen molar-refractivity contribution in [1.82, 2.24) is 0 Å². The molecule has 0 aliphatic carbocycles. The van der Waals surface area contributed by atoms with Crippen LogP contribution in [0.15, 0.2) is 54.6 Å². The number of fused-ring (bicyclic) bond motifs is 6. The Labute approximate surface area is 188 Å². The predicted molar refractivity (Wildman–Crippen MR) is 115 cm³/mol. The summed E-state index contributed by atoms with van der Waals surface area (Å²) in [4.78, 5) is 35.8. The molecular formula is C24H18N2O7. The molecule has 9 nitrogen and oxygen atoms in total. The maximum absolute atomic E-state index is 12.9. The Bertz CT molecular complexity index is 1280. The molecule has 1 spiro atoms. The Morgan fingerprint density at radius 1 is 0.848 bits per heavy atom. The minimum Gasteiger partial charge on any atom is -0.456 e. The van der Waals surface area contributed by atoms with Crippen LogP contribution in [-0.4, -0.2) is 17.9 Å². The molecule has 0 amide bonds. The number of esters is 3. The van der Waals surface area contributed by atoms with E-state index in [1.807, 2.05) is 0 Å². The lowest BCUT2D eigenvalue weighted by Gasteiger charge is -2.36. The summed E-state index contributed by atoms with van der Waals surface area (Å²) in [6.07, 6.45) is 0. The van der Waals surface area contributed by atoms with Crippen LogP contribution in [0.25, 0.3) is 0 Å². The number of hydrogen-bond donors (Lipinski definition) is 2. The fraction of sp³-hybridized carbons (Fsp3) is 0.125. The van der Waals surface area contributed by atoms with Crippen molar-refractivity contribution in [3.05, 3.63) is 76.9 Å². The van der Waals surface area contributed by atoms with Crippen molar-refractivity contribution in [2.45, 2.75) is 19.4 Å². The van der Waals surface area contributed by atoms with Gasteiger partial charge >= 0.3 is 17.9 Å². The van der Waals surface area contributed by atoms with Crippen molar-refractivity contribution >= 4 is 23.6 Å². The van der Waals surface area contributed by atoms with Gasteiger partial charge in [-0.2, -0.15) is 0 Å². The summed E-state index contributed by atoms with van der Waals surface area (Å²) in [6.45, 7) is 2.58. The smallest absolute Gasteiger partial charge is 0.340 e. The van der Waals surface area contributed by atoms with E-state index in [0.717, 1.165) is 0 Å². The molecule has 166 valence electrons. The molecule has 0 aromatic heterocycles. The van der Waals surface area contributed by atoms with Gasteiger partial charge in [0.1, 0.15) is 23.0 Å². The Kier molecular flexibility index (Phi) is 4.57. The van der Waals surface area contributed by atoms with E-state index in [2.05, 4.69) is 5.43 Å². The summed E-state index contributed by atoms with van der Waals surface area (Å²) >= 11 is 0. The van der Waals surface area contributed by atoms with Crippen molar-refractivity contribution in [2.24, 2.45) is 5.84 Å². The zero-order valence-electron chi connectivity index (χ0n) is 17.6. The standard InChI is InChI=1S/C24H18N2O7/c1-12(27)30-15-4-7-18-21(10-15)32-22-11-16(31-13(2)28)5-8-19(22)24(18)20-9-14(26-25)3-6-17(20)23(29)33-24/h3-11,26H,25H2,1-2H3. The van der Waals surface area contributed by atoms with Crippen LogP contribution in [-0.2, 0) is 19.9 Å². The minimum atomic E-state index is -1.36. The Balaban J connectivity index is 1.78. The molecule has 0 saturated carbocycles. The summed E-state index contributed by atoms with van der Waals surface area (Å²) in [6, 6.07) is 14.7. The molecular weight excluding hydrogens is 428 g/mol. The van der Waals surface area contributed by atoms with E-state index < -0.39 is 23.5 Å². The topological polar surface area (TPSA) is 126 Å². The van der Waals surface area contributed by atoms with Gasteiger partial charge in [-0.1, -0.05) is 0 Å². The van der Waals surface area contributed by atoms with Crippen LogP contribution in [0.2, 0.25) is 0 Å². The molecule has 0 bridgehead atoms. The molecule has 5 rings (SSSR count). The summed E-state index contributed by atoms with van der Waals surface area (Å²) in [7, 11) is 0. The number of carbonyl (C=O) groups excluding carboxylic acids is 3. The summed E-state index contributed by atoms with van der Waals surface area (Å²) in [5, 5.41) is 0. The molecule has 0 fully saturated rings. The van der Waals surface area contributed by atoms with Gasteiger partial charge in [0.15, 0.2) is 5.60 Å². The van der Waals surface area contributed by atoms with Gasteiger partial charge in [-0.3, -0.25) is 15.4 Å². The predicted octanol–water partition coefficient (Wildman–Crippen LogP) is 3.39. The van der Waals surface area contributed by atoms with Crippen molar-refractivity contribution in [3.8, 4) is 23.0 Å². The van der Waals surface area contributed by atoms with Crippen LogP contribution in [0.5, 0.6) is 23.0 Å². The van der Waals surface area contributed by atoms with E-state index in [1.165, 1.54) is 26.0 Å². The first kappa shape index (κ1) is 20.5. The summed E-state index contributed by atoms with van der Waals surface area (Å²) < 4.78 is 22.6. The molecule has 3 aromatic rings. The van der Waals surface area contributed by atoms with Crippen LogP contribution in [0, 0.1) is 0 Å². The highest BCUT2D eigenvalue weighted by atomic mass is 16.6. The number of benzene rings is 3. The van der Waals surface area contributed by atoms with Crippen LogP contribution < -0.4 is 25.5 Å². The Morgan fingerprint density at radius 2 is 1.42 bits per heavy atom. The third kappa shape index (κ3) is 3.17. The second-order valence-corrected chi connectivity index (χ2v) is 7.58. The molecule has 33 heavy (non-hydrogen) atoms. The zero-order valence-corrected chi connectivity index (χ0v) is 17.6. The molecule has 2 heterocycles. The van der Waals surface area contributed by atoms with Gasteiger partial charge in [0.25, 0.3) is 0 Å². The summed E-state index contributed by atoms with van der Waals surface area (Å²) in [5.41, 5.74) is 3.82. The third-order valence-corrected chi connectivity index (χ3v) is 5.44. The second-order valence-electron chi connectivity index (χ2n) is 7.58. The maximum Gasteiger partial charge on any atom is 0.340 e. The first-order chi connectivity index (χ1) is 15.8. The van der Waals surface area contributed by atoms with Crippen LogP contribution in [0.1, 0.15) is 40.9 Å². The number of nitrogens with one attached hydrogen (secondary N) is 1. The van der Waals surface area contributed by atoms with E-state index in [1.54, 1.807) is 42.5 Å². The fourth-order valence-corrected chi connectivity index (χ4v) is 4.23. The number of carbonyl (C=O) groups is 3. The van der Waals surface area contributed by atoms with Crippen LogP contribution >= 0.6 is 0 Å². The third-order valence-electron chi connectivity index (χ3n) is 5.44. The largest absolute Gasteiger partial charge is 0.456 e. The van der Waals surface area contributed by atoms with Gasteiger partial charge < -0.3 is 24.4 Å². The van der Waals surface area contributed by atoms with Gasteiger partial charge in [-0.25, -0.2) is 4.79 Å². The molecule has 0 saturated heterocycles. The van der Waals surface area contributed by atoms with E-state index in [4.69, 9.17) is 24.8 Å². The molecule has 2 aliphatic rings. The molecule has 0 atom stereocenters. The van der Waals surface area contributed by atoms with Gasteiger partial charge in [-0.15, -0.1) is 0 Å². The molecule has 9 heteroatoms. The molecule has 0 radical (unpaired) electrons. The number of rotatable bonds is 3.